The van der Waals surface area contributed by atoms with Crippen LogP contribution in [0.15, 0.2) is 42.5 Å². The lowest BCUT2D eigenvalue weighted by atomic mass is 9.84. The highest BCUT2D eigenvalue weighted by atomic mass is 16.5. The highest BCUT2D eigenvalue weighted by Gasteiger charge is 2.35. The van der Waals surface area contributed by atoms with Crippen LogP contribution in [-0.4, -0.2) is 89.6 Å². The van der Waals surface area contributed by atoms with E-state index in [9.17, 15) is 24.6 Å². The number of ether oxygens (including phenoxy) is 1. The third-order valence-corrected chi connectivity index (χ3v) is 10.1. The summed E-state index contributed by atoms with van der Waals surface area (Å²) < 4.78 is 5.40. The van der Waals surface area contributed by atoms with Gasteiger partial charge in [0.15, 0.2) is 0 Å². The average molecular weight is 667 g/mol. The van der Waals surface area contributed by atoms with E-state index >= 15 is 0 Å². The maximum absolute atomic E-state index is 14.1. The number of rotatable bonds is 15. The normalized spacial score (nSPS) is 19.6. The first-order chi connectivity index (χ1) is 23.0. The molecule has 0 aromatic heterocycles. The van der Waals surface area contributed by atoms with Crippen molar-refractivity contribution in [2.45, 2.75) is 116 Å². The lowest BCUT2D eigenvalue weighted by Gasteiger charge is -2.33. The topological polar surface area (TPSA) is 140 Å². The molecule has 6 atom stereocenters. The number of nitrogens with zero attached hydrogens (tertiary/aromatic N) is 1. The monoisotopic (exact) mass is 666 g/mol. The molecule has 4 amide bonds. The quantitative estimate of drug-likeness (QED) is 0.189. The Morgan fingerprint density at radius 2 is 1.58 bits per heavy atom. The van der Waals surface area contributed by atoms with Crippen molar-refractivity contribution in [1.82, 2.24) is 20.9 Å². The van der Waals surface area contributed by atoms with Gasteiger partial charge >= 0.3 is 6.03 Å². The number of nitrogens with one attached hydrogen (secondary N) is 3. The van der Waals surface area contributed by atoms with Gasteiger partial charge in [-0.3, -0.25) is 9.59 Å². The molecular formula is C38H58N4O6. The Morgan fingerprint density at radius 3 is 2.25 bits per heavy atom. The van der Waals surface area contributed by atoms with Crippen LogP contribution in [-0.2, 0) is 20.7 Å². The van der Waals surface area contributed by atoms with Crippen LogP contribution in [0, 0.1) is 17.8 Å². The first-order valence-electron chi connectivity index (χ1n) is 18.1. The predicted octanol–water partition coefficient (Wildman–Crippen LogP) is 4.55. The summed E-state index contributed by atoms with van der Waals surface area (Å²) >= 11 is 0. The zero-order valence-corrected chi connectivity index (χ0v) is 29.3. The van der Waals surface area contributed by atoms with E-state index < -0.39 is 36.2 Å². The number of carbonyl (C=O) groups is 3. The molecule has 0 bridgehead atoms. The van der Waals surface area contributed by atoms with Crippen molar-refractivity contribution in [3.8, 4) is 0 Å². The standard InChI is InChI=1S/C38H58N4O6/c1-5-26(4)34(41-36(45)32(23-27-11-7-6-8-12-27)40-38(47)42-17-19-48-20-18-42)37(46)39-31(35(44)33(43)21-25(2)3)24-28-15-16-29-13-9-10-14-30(29)22-28/h9-10,13-16,22,25-27,31-35,43-44H,5-8,11-12,17-21,23-24H2,1-4H3,(H,39,46)(H,40,47)(H,41,45)/t26-,31-,32-,33-,34-,35+/m0/s1. The van der Waals surface area contributed by atoms with Crippen molar-refractivity contribution in [2.75, 3.05) is 26.3 Å². The molecule has 5 N–H and O–H groups in total. The van der Waals surface area contributed by atoms with Gasteiger partial charge in [-0.2, -0.15) is 0 Å². The number of aliphatic hydroxyl groups is 2. The Bertz CT molecular complexity index is 1330. The molecule has 0 unspecified atom stereocenters. The molecule has 10 nitrogen and oxygen atoms in total. The van der Waals surface area contributed by atoms with Gasteiger partial charge in [-0.15, -0.1) is 0 Å². The largest absolute Gasteiger partial charge is 0.390 e. The lowest BCUT2D eigenvalue weighted by Crippen LogP contribution is -2.60. The van der Waals surface area contributed by atoms with Gasteiger partial charge in [-0.05, 0) is 53.4 Å². The SMILES string of the molecule is CC[C@H](C)[C@H](NC(=O)[C@H](CC1CCCCC1)NC(=O)N1CCOCC1)C(=O)N[C@@H](Cc1ccc2ccccc2c1)[C@@H](O)[C@@H](O)CC(C)C. The molecule has 2 aromatic rings. The number of urea groups is 1. The summed E-state index contributed by atoms with van der Waals surface area (Å²) in [5, 5.41) is 33.5. The smallest absolute Gasteiger partial charge is 0.318 e. The Morgan fingerprint density at radius 1 is 0.896 bits per heavy atom. The first-order valence-corrected chi connectivity index (χ1v) is 18.1. The van der Waals surface area contributed by atoms with E-state index in [0.717, 1.165) is 42.0 Å². The van der Waals surface area contributed by atoms with Crippen molar-refractivity contribution in [1.29, 1.82) is 0 Å². The first kappa shape index (κ1) is 37.6. The van der Waals surface area contributed by atoms with E-state index in [1.165, 1.54) is 6.42 Å². The summed E-state index contributed by atoms with van der Waals surface area (Å²) in [6, 6.07) is 11.3. The highest BCUT2D eigenvalue weighted by molar-refractivity contribution is 5.92. The Hall–Kier alpha value is -3.21. The molecule has 266 valence electrons. The van der Waals surface area contributed by atoms with Gasteiger partial charge < -0.3 is 35.8 Å². The van der Waals surface area contributed by atoms with E-state index in [1.807, 2.05) is 70.2 Å². The van der Waals surface area contributed by atoms with E-state index in [2.05, 4.69) is 16.0 Å². The number of aliphatic hydroxyl groups excluding tert-OH is 2. The number of fused-ring (bicyclic) bond motifs is 1. The number of hydrogen-bond acceptors (Lipinski definition) is 6. The summed E-state index contributed by atoms with van der Waals surface area (Å²) in [6.07, 6.45) is 4.99. The molecule has 1 aliphatic carbocycles. The molecule has 48 heavy (non-hydrogen) atoms. The van der Waals surface area contributed by atoms with Crippen molar-refractivity contribution in [3.05, 3.63) is 48.0 Å². The summed E-state index contributed by atoms with van der Waals surface area (Å²) in [5.41, 5.74) is 0.914. The van der Waals surface area contributed by atoms with Crippen molar-refractivity contribution < 1.29 is 29.3 Å². The number of benzene rings is 2. The minimum atomic E-state index is -1.22. The zero-order valence-electron chi connectivity index (χ0n) is 29.3. The van der Waals surface area contributed by atoms with Crippen molar-refractivity contribution in [2.24, 2.45) is 17.8 Å². The fourth-order valence-electron chi connectivity index (χ4n) is 6.99. The second-order valence-electron chi connectivity index (χ2n) is 14.4. The van der Waals surface area contributed by atoms with Crippen LogP contribution in [0.5, 0.6) is 0 Å². The molecule has 4 rings (SSSR count). The molecule has 1 heterocycles. The summed E-state index contributed by atoms with van der Waals surface area (Å²) in [7, 11) is 0. The van der Waals surface area contributed by atoms with Gasteiger partial charge in [0.25, 0.3) is 0 Å². The minimum Gasteiger partial charge on any atom is -0.390 e. The van der Waals surface area contributed by atoms with Crippen LogP contribution in [0.4, 0.5) is 4.79 Å². The van der Waals surface area contributed by atoms with Crippen molar-refractivity contribution in [3.63, 3.8) is 0 Å². The fourth-order valence-corrected chi connectivity index (χ4v) is 6.99. The average Bonchev–Trinajstić information content (AvgIpc) is 3.09. The molecule has 2 aromatic carbocycles. The van der Waals surface area contributed by atoms with Crippen LogP contribution in [0.25, 0.3) is 10.8 Å². The van der Waals surface area contributed by atoms with Crippen LogP contribution >= 0.6 is 0 Å². The van der Waals surface area contributed by atoms with Crippen LogP contribution in [0.1, 0.15) is 84.6 Å². The fraction of sp³-hybridized carbons (Fsp3) is 0.658. The predicted molar refractivity (Wildman–Crippen MR) is 188 cm³/mol. The molecule has 0 spiro atoms. The van der Waals surface area contributed by atoms with E-state index in [-0.39, 0.29) is 23.8 Å². The van der Waals surface area contributed by atoms with Gasteiger partial charge in [0.05, 0.1) is 25.4 Å². The zero-order chi connectivity index (χ0) is 34.6. The van der Waals surface area contributed by atoms with E-state index in [1.54, 1.807) is 4.90 Å². The van der Waals surface area contributed by atoms with Crippen LogP contribution < -0.4 is 16.0 Å². The highest BCUT2D eigenvalue weighted by Crippen LogP contribution is 2.28. The van der Waals surface area contributed by atoms with Crippen LogP contribution in [0.3, 0.4) is 0 Å². The molecule has 10 heteroatoms. The second-order valence-corrected chi connectivity index (χ2v) is 14.4. The second kappa shape index (κ2) is 18.5. The molecule has 2 fully saturated rings. The van der Waals surface area contributed by atoms with Gasteiger partial charge in [0, 0.05) is 13.1 Å². The Balaban J connectivity index is 1.53. The molecule has 1 aliphatic heterocycles. The van der Waals surface area contributed by atoms with E-state index in [4.69, 9.17) is 4.74 Å². The van der Waals surface area contributed by atoms with Crippen LogP contribution in [0.2, 0.25) is 0 Å². The molecule has 1 saturated heterocycles. The number of amides is 4. The Labute approximate surface area is 286 Å². The number of carbonyl (C=O) groups excluding carboxylic acids is 3. The number of morpholine rings is 1. The van der Waals surface area contributed by atoms with Gasteiger partial charge in [0.2, 0.25) is 11.8 Å². The maximum Gasteiger partial charge on any atom is 0.318 e. The summed E-state index contributed by atoms with van der Waals surface area (Å²) in [4.78, 5) is 43.0. The molecule has 2 aliphatic rings. The lowest BCUT2D eigenvalue weighted by molar-refractivity contribution is -0.132. The van der Waals surface area contributed by atoms with Gasteiger partial charge in [0.1, 0.15) is 18.2 Å². The van der Waals surface area contributed by atoms with E-state index in [0.29, 0.717) is 57.9 Å². The third-order valence-electron chi connectivity index (χ3n) is 10.1. The third kappa shape index (κ3) is 10.9. The maximum atomic E-state index is 14.1. The summed E-state index contributed by atoms with van der Waals surface area (Å²) in [6.45, 7) is 9.67. The van der Waals surface area contributed by atoms with Gasteiger partial charge in [-0.1, -0.05) is 109 Å². The molecule has 0 radical (unpaired) electrons. The number of hydrogen-bond donors (Lipinski definition) is 5. The van der Waals surface area contributed by atoms with Crippen molar-refractivity contribution >= 4 is 28.6 Å². The molecular weight excluding hydrogens is 608 g/mol. The Kier molecular flexibility index (Phi) is 14.5. The summed E-state index contributed by atoms with van der Waals surface area (Å²) in [5.74, 6) is -0.561. The molecule has 1 saturated carbocycles. The van der Waals surface area contributed by atoms with Gasteiger partial charge in [-0.25, -0.2) is 4.79 Å². The minimum absolute atomic E-state index is 0.146.